The highest BCUT2D eigenvalue weighted by molar-refractivity contribution is 5.89. The molecule has 8 nitrogen and oxygen atoms in total. The Hall–Kier alpha value is -1.67. The molecule has 1 aliphatic carbocycles. The maximum Gasteiger partial charge on any atom is 0.245 e. The molecule has 2 fully saturated rings. The Kier molecular flexibility index (Phi) is 9.09. The van der Waals surface area contributed by atoms with E-state index in [0.29, 0.717) is 23.8 Å². The number of nitrogens with zero attached hydrogens (tertiary/aromatic N) is 2. The molecule has 3 N–H and O–H groups in total. The summed E-state index contributed by atoms with van der Waals surface area (Å²) in [5, 5.41) is 16.5. The van der Waals surface area contributed by atoms with Crippen LogP contribution < -0.4 is 10.6 Å². The van der Waals surface area contributed by atoms with E-state index in [4.69, 9.17) is 0 Å². The number of hydrogen-bond donors (Lipinski definition) is 3. The summed E-state index contributed by atoms with van der Waals surface area (Å²) in [7, 11) is 1.82. The van der Waals surface area contributed by atoms with Crippen molar-refractivity contribution in [3.05, 3.63) is 0 Å². The molecule has 0 radical (unpaired) electrons. The third-order valence-electron chi connectivity index (χ3n) is 6.60. The maximum atomic E-state index is 13.3. The summed E-state index contributed by atoms with van der Waals surface area (Å²) < 4.78 is 0. The molecule has 1 saturated carbocycles. The fourth-order valence-corrected chi connectivity index (χ4v) is 4.67. The SMILES string of the molecule is CN(C(=O)[C@@H](NC(=O)[C@H](CC1CCCC1)CN(O)C=O)C(C)(C)C)C1CCNCC1. The maximum absolute atomic E-state index is 13.3. The number of carbonyl (C=O) groups is 3. The van der Waals surface area contributed by atoms with Crippen LogP contribution in [-0.2, 0) is 14.4 Å². The molecule has 0 bridgehead atoms. The van der Waals surface area contributed by atoms with Gasteiger partial charge in [0, 0.05) is 13.1 Å². The van der Waals surface area contributed by atoms with Gasteiger partial charge in [-0.05, 0) is 43.7 Å². The highest BCUT2D eigenvalue weighted by atomic mass is 16.5. The quantitative estimate of drug-likeness (QED) is 0.297. The van der Waals surface area contributed by atoms with E-state index in [0.717, 1.165) is 51.6 Å². The number of nitrogens with one attached hydrogen (secondary N) is 2. The molecular weight excluding hydrogens is 384 g/mol. The molecular formula is C22H40N4O4. The number of amides is 3. The first-order valence-electron chi connectivity index (χ1n) is 11.3. The minimum absolute atomic E-state index is 0.0545. The van der Waals surface area contributed by atoms with E-state index in [1.807, 2.05) is 27.8 Å². The smallest absolute Gasteiger partial charge is 0.245 e. The Bertz CT molecular complexity index is 580. The number of hydrogen-bond acceptors (Lipinski definition) is 5. The molecule has 1 aliphatic heterocycles. The molecule has 0 aromatic heterocycles. The van der Waals surface area contributed by atoms with Crippen molar-refractivity contribution < 1.29 is 19.6 Å². The van der Waals surface area contributed by atoms with Gasteiger partial charge in [-0.25, -0.2) is 5.06 Å². The van der Waals surface area contributed by atoms with E-state index in [9.17, 15) is 19.6 Å². The van der Waals surface area contributed by atoms with Gasteiger partial charge in [-0.3, -0.25) is 19.6 Å². The van der Waals surface area contributed by atoms with Crippen LogP contribution in [0, 0.1) is 17.3 Å². The van der Waals surface area contributed by atoms with Crippen LogP contribution in [-0.4, -0.2) is 72.2 Å². The van der Waals surface area contributed by atoms with Gasteiger partial charge in [-0.1, -0.05) is 46.5 Å². The Labute approximate surface area is 180 Å². The number of rotatable bonds is 9. The van der Waals surface area contributed by atoms with Crippen molar-refractivity contribution in [2.24, 2.45) is 17.3 Å². The summed E-state index contributed by atoms with van der Waals surface area (Å²) in [6.45, 7) is 7.55. The van der Waals surface area contributed by atoms with E-state index < -0.39 is 17.4 Å². The van der Waals surface area contributed by atoms with Crippen molar-refractivity contribution in [2.75, 3.05) is 26.7 Å². The highest BCUT2D eigenvalue weighted by Crippen LogP contribution is 2.31. The predicted octanol–water partition coefficient (Wildman–Crippen LogP) is 1.77. The zero-order chi connectivity index (χ0) is 22.3. The van der Waals surface area contributed by atoms with Gasteiger partial charge in [-0.2, -0.15) is 0 Å². The summed E-state index contributed by atoms with van der Waals surface area (Å²) in [4.78, 5) is 39.3. The van der Waals surface area contributed by atoms with Crippen molar-refractivity contribution in [1.29, 1.82) is 0 Å². The second kappa shape index (κ2) is 11.1. The van der Waals surface area contributed by atoms with Crippen LogP contribution in [0.5, 0.6) is 0 Å². The number of carbonyl (C=O) groups excluding carboxylic acids is 3. The van der Waals surface area contributed by atoms with Crippen LogP contribution in [0.2, 0.25) is 0 Å². The first-order chi connectivity index (χ1) is 14.1. The van der Waals surface area contributed by atoms with Crippen molar-refractivity contribution in [3.63, 3.8) is 0 Å². The van der Waals surface area contributed by atoms with Crippen LogP contribution in [0.15, 0.2) is 0 Å². The minimum atomic E-state index is -0.667. The molecule has 172 valence electrons. The van der Waals surface area contributed by atoms with Crippen molar-refractivity contribution >= 4 is 18.2 Å². The number of likely N-dealkylation sites (N-methyl/N-ethyl adjacent to an activating group) is 1. The first kappa shape index (κ1) is 24.6. The summed E-state index contributed by atoms with van der Waals surface area (Å²) in [5.41, 5.74) is -0.463. The molecule has 30 heavy (non-hydrogen) atoms. The van der Waals surface area contributed by atoms with Gasteiger partial charge in [0.05, 0.1) is 12.5 Å². The molecule has 3 amide bonds. The van der Waals surface area contributed by atoms with Gasteiger partial charge in [0.2, 0.25) is 18.2 Å². The Morgan fingerprint density at radius 2 is 1.77 bits per heavy atom. The lowest BCUT2D eigenvalue weighted by Crippen LogP contribution is -2.58. The van der Waals surface area contributed by atoms with Crippen LogP contribution in [0.25, 0.3) is 0 Å². The van der Waals surface area contributed by atoms with Gasteiger partial charge in [0.25, 0.3) is 0 Å². The lowest BCUT2D eigenvalue weighted by molar-refractivity contribution is -0.156. The third kappa shape index (κ3) is 6.94. The third-order valence-corrected chi connectivity index (χ3v) is 6.60. The van der Waals surface area contributed by atoms with Crippen LogP contribution in [0.1, 0.15) is 65.7 Å². The number of hydroxylamine groups is 2. The second-order valence-corrected chi connectivity index (χ2v) is 10.0. The number of piperidine rings is 1. The van der Waals surface area contributed by atoms with Crippen LogP contribution >= 0.6 is 0 Å². The molecule has 2 aliphatic rings. The molecule has 2 atom stereocenters. The Morgan fingerprint density at radius 1 is 1.17 bits per heavy atom. The molecule has 2 rings (SSSR count). The van der Waals surface area contributed by atoms with E-state index in [-0.39, 0.29) is 24.4 Å². The minimum Gasteiger partial charge on any atom is -0.344 e. The Balaban J connectivity index is 2.11. The summed E-state index contributed by atoms with van der Waals surface area (Å²) in [6, 6.07) is -0.503. The van der Waals surface area contributed by atoms with Crippen molar-refractivity contribution in [3.8, 4) is 0 Å². The topological polar surface area (TPSA) is 102 Å². The summed E-state index contributed by atoms with van der Waals surface area (Å²) in [5.74, 6) is -0.472. The molecule has 8 heteroatoms. The molecule has 0 aromatic carbocycles. The summed E-state index contributed by atoms with van der Waals surface area (Å²) >= 11 is 0. The van der Waals surface area contributed by atoms with Crippen LogP contribution in [0.4, 0.5) is 0 Å². The Morgan fingerprint density at radius 3 is 2.30 bits per heavy atom. The largest absolute Gasteiger partial charge is 0.344 e. The monoisotopic (exact) mass is 424 g/mol. The fourth-order valence-electron chi connectivity index (χ4n) is 4.67. The summed E-state index contributed by atoms with van der Waals surface area (Å²) in [6.07, 6.45) is 7.18. The molecule has 0 unspecified atom stereocenters. The van der Waals surface area contributed by atoms with Gasteiger partial charge in [-0.15, -0.1) is 0 Å². The zero-order valence-corrected chi connectivity index (χ0v) is 19.0. The van der Waals surface area contributed by atoms with E-state index in [2.05, 4.69) is 10.6 Å². The standard InChI is InChI=1S/C22H40N4O4/c1-22(2,3)19(21(29)25(4)18-9-11-23-12-10-18)24-20(28)17(14-26(30)15-27)13-16-7-5-6-8-16/h15-19,23,30H,5-14H2,1-4H3,(H,24,28)/t17-,19-/m1/s1. The first-order valence-corrected chi connectivity index (χ1v) is 11.3. The molecule has 1 heterocycles. The van der Waals surface area contributed by atoms with Gasteiger partial charge < -0.3 is 15.5 Å². The lowest BCUT2D eigenvalue weighted by Gasteiger charge is -2.38. The predicted molar refractivity (Wildman–Crippen MR) is 115 cm³/mol. The lowest BCUT2D eigenvalue weighted by atomic mass is 9.84. The normalized spacial score (nSPS) is 20.4. The molecule has 0 spiro atoms. The average molecular weight is 425 g/mol. The second-order valence-electron chi connectivity index (χ2n) is 10.0. The fraction of sp³-hybridized carbons (Fsp3) is 0.864. The average Bonchev–Trinajstić information content (AvgIpc) is 3.23. The van der Waals surface area contributed by atoms with Gasteiger partial charge >= 0.3 is 0 Å². The zero-order valence-electron chi connectivity index (χ0n) is 19.0. The van der Waals surface area contributed by atoms with E-state index >= 15 is 0 Å². The highest BCUT2D eigenvalue weighted by Gasteiger charge is 2.38. The van der Waals surface area contributed by atoms with Crippen LogP contribution in [0.3, 0.4) is 0 Å². The van der Waals surface area contributed by atoms with Crippen molar-refractivity contribution in [1.82, 2.24) is 20.6 Å². The molecule has 1 saturated heterocycles. The van der Waals surface area contributed by atoms with Gasteiger partial charge in [0.1, 0.15) is 6.04 Å². The van der Waals surface area contributed by atoms with Crippen molar-refractivity contribution in [2.45, 2.75) is 77.8 Å². The van der Waals surface area contributed by atoms with Gasteiger partial charge in [0.15, 0.2) is 0 Å². The van der Waals surface area contributed by atoms with E-state index in [1.54, 1.807) is 4.90 Å². The molecule has 0 aromatic rings. The van der Waals surface area contributed by atoms with E-state index in [1.165, 1.54) is 0 Å².